The molecule has 12 nitrogen and oxygen atoms in total. The van der Waals surface area contributed by atoms with Gasteiger partial charge < -0.3 is 25.8 Å². The number of rotatable bonds is 14. The summed E-state index contributed by atoms with van der Waals surface area (Å²) in [5.41, 5.74) is 10.2. The average Bonchev–Trinajstić information content (AvgIpc) is 3.47. The number of carbonyl (C=O) groups excluding carboxylic acids is 3. The second-order valence-electron chi connectivity index (χ2n) is 13.3. The summed E-state index contributed by atoms with van der Waals surface area (Å²) in [7, 11) is 5.57. The molecule has 0 spiro atoms. The van der Waals surface area contributed by atoms with Crippen molar-refractivity contribution in [2.45, 2.75) is 91.1 Å². The molecule has 2 aromatic heterocycles. The van der Waals surface area contributed by atoms with Crippen LogP contribution >= 0.6 is 0 Å². The van der Waals surface area contributed by atoms with E-state index in [9.17, 15) is 14.4 Å². The third kappa shape index (κ3) is 8.77. The van der Waals surface area contributed by atoms with E-state index in [0.29, 0.717) is 42.4 Å². The van der Waals surface area contributed by atoms with Crippen LogP contribution in [0.25, 0.3) is 11.0 Å². The Morgan fingerprint density at radius 1 is 1.10 bits per heavy atom. The molecule has 0 saturated carbocycles. The van der Waals surface area contributed by atoms with Gasteiger partial charge in [-0.05, 0) is 69.8 Å². The fraction of sp³-hybridized carbons (Fsp3) is 0.556. The molecule has 3 N–H and O–H groups in total. The van der Waals surface area contributed by atoms with E-state index in [4.69, 9.17) is 10.8 Å². The van der Waals surface area contributed by atoms with Crippen molar-refractivity contribution in [1.82, 2.24) is 34.4 Å². The Balaban J connectivity index is 1.47. The number of amides is 3. The van der Waals surface area contributed by atoms with Crippen molar-refractivity contribution in [2.24, 2.45) is 0 Å². The van der Waals surface area contributed by atoms with Gasteiger partial charge in [-0.2, -0.15) is 5.10 Å². The standard InChI is InChI=1S/C36H53N9O3/c1-8-9-10-11-14-24(2)43(7)19-13-16-30(46)44-20-12-15-28(22-44)45-35-32(34(37)38-23-39-35)33(41-45)36(48)40-29-18-17-27(25(3)26(29)4)21-31(47)42(5)6/h13,16-18,23-24,28H,8-12,14-15,19-22H2,1-7H3,(H,40,48)(H2,37,38,39)/b16-13+. The molecular weight excluding hydrogens is 606 g/mol. The maximum Gasteiger partial charge on any atom is 0.277 e. The average molecular weight is 660 g/mol. The van der Waals surface area contributed by atoms with E-state index in [1.165, 1.54) is 32.0 Å². The molecule has 4 rings (SSSR count). The van der Waals surface area contributed by atoms with Gasteiger partial charge in [0, 0.05) is 51.5 Å². The number of nitrogens with one attached hydrogen (secondary N) is 1. The molecule has 1 saturated heterocycles. The lowest BCUT2D eigenvalue weighted by Crippen LogP contribution is -2.40. The van der Waals surface area contributed by atoms with E-state index in [0.717, 1.165) is 36.0 Å². The second kappa shape index (κ2) is 16.7. The summed E-state index contributed by atoms with van der Waals surface area (Å²) in [6.07, 6.45) is 13.0. The molecule has 2 unspecified atom stereocenters. The predicted octanol–water partition coefficient (Wildman–Crippen LogP) is 4.92. The maximum absolute atomic E-state index is 13.7. The molecule has 3 amide bonds. The van der Waals surface area contributed by atoms with Crippen molar-refractivity contribution in [3.05, 3.63) is 53.0 Å². The van der Waals surface area contributed by atoms with Gasteiger partial charge in [0.2, 0.25) is 11.8 Å². The lowest BCUT2D eigenvalue weighted by Gasteiger charge is -2.32. The van der Waals surface area contributed by atoms with Crippen molar-refractivity contribution in [3.8, 4) is 0 Å². The third-order valence-corrected chi connectivity index (χ3v) is 9.66. The molecular formula is C36H53N9O3. The number of carbonyl (C=O) groups is 3. The number of benzene rings is 1. The van der Waals surface area contributed by atoms with Gasteiger partial charge >= 0.3 is 0 Å². The number of anilines is 2. The monoisotopic (exact) mass is 659 g/mol. The van der Waals surface area contributed by atoms with Crippen molar-refractivity contribution in [2.75, 3.05) is 51.8 Å². The van der Waals surface area contributed by atoms with Gasteiger partial charge in [0.1, 0.15) is 12.1 Å². The van der Waals surface area contributed by atoms with Crippen LogP contribution in [0.3, 0.4) is 0 Å². The van der Waals surface area contributed by atoms with Gasteiger partial charge in [-0.1, -0.05) is 44.7 Å². The highest BCUT2D eigenvalue weighted by Gasteiger charge is 2.30. The largest absolute Gasteiger partial charge is 0.383 e. The molecule has 48 heavy (non-hydrogen) atoms. The Kier molecular flexibility index (Phi) is 12.7. The molecule has 3 aromatic rings. The van der Waals surface area contributed by atoms with E-state index >= 15 is 0 Å². The third-order valence-electron chi connectivity index (χ3n) is 9.66. The van der Waals surface area contributed by atoms with Gasteiger partial charge in [-0.25, -0.2) is 14.6 Å². The highest BCUT2D eigenvalue weighted by atomic mass is 16.2. The van der Waals surface area contributed by atoms with E-state index in [1.54, 1.807) is 29.8 Å². The predicted molar refractivity (Wildman–Crippen MR) is 191 cm³/mol. The molecule has 1 aromatic carbocycles. The molecule has 0 radical (unpaired) electrons. The number of nitrogen functional groups attached to an aromatic ring is 1. The second-order valence-corrected chi connectivity index (χ2v) is 13.3. The lowest BCUT2D eigenvalue weighted by molar-refractivity contribution is -0.128. The number of hydrogen-bond donors (Lipinski definition) is 2. The summed E-state index contributed by atoms with van der Waals surface area (Å²) in [5, 5.41) is 8.12. The Bertz CT molecular complexity index is 1630. The molecule has 2 atom stereocenters. The minimum Gasteiger partial charge on any atom is -0.383 e. The minimum atomic E-state index is -0.435. The van der Waals surface area contributed by atoms with Crippen molar-refractivity contribution in [1.29, 1.82) is 0 Å². The minimum absolute atomic E-state index is 0.00602. The van der Waals surface area contributed by atoms with Crippen LogP contribution in [0.5, 0.6) is 0 Å². The lowest BCUT2D eigenvalue weighted by atomic mass is 9.98. The van der Waals surface area contributed by atoms with Gasteiger partial charge in [-0.3, -0.25) is 14.4 Å². The first-order chi connectivity index (χ1) is 22.9. The molecule has 12 heteroatoms. The topological polar surface area (TPSA) is 143 Å². The summed E-state index contributed by atoms with van der Waals surface area (Å²) in [6.45, 7) is 10.1. The van der Waals surface area contributed by atoms with Crippen LogP contribution in [0.15, 0.2) is 30.6 Å². The van der Waals surface area contributed by atoms with E-state index in [2.05, 4.69) is 41.1 Å². The van der Waals surface area contributed by atoms with Crippen molar-refractivity contribution >= 4 is 40.3 Å². The first-order valence-electron chi connectivity index (χ1n) is 17.2. The van der Waals surface area contributed by atoms with E-state index in [-0.39, 0.29) is 35.8 Å². The smallest absolute Gasteiger partial charge is 0.277 e. The molecule has 0 bridgehead atoms. The van der Waals surface area contributed by atoms with Crippen molar-refractivity contribution < 1.29 is 14.4 Å². The Morgan fingerprint density at radius 2 is 1.88 bits per heavy atom. The number of piperidine rings is 1. The number of nitrogens with two attached hydrogens (primary N) is 1. The quantitative estimate of drug-likeness (QED) is 0.184. The fourth-order valence-corrected chi connectivity index (χ4v) is 6.16. The van der Waals surface area contributed by atoms with Crippen molar-refractivity contribution in [3.63, 3.8) is 0 Å². The number of aromatic nitrogens is 4. The summed E-state index contributed by atoms with van der Waals surface area (Å²) >= 11 is 0. The first kappa shape index (κ1) is 36.5. The summed E-state index contributed by atoms with van der Waals surface area (Å²) in [4.78, 5) is 53.6. The van der Waals surface area contributed by atoms with Crippen LogP contribution in [0.4, 0.5) is 11.5 Å². The summed E-state index contributed by atoms with van der Waals surface area (Å²) in [5.74, 6) is -0.298. The first-order valence-corrected chi connectivity index (χ1v) is 17.2. The summed E-state index contributed by atoms with van der Waals surface area (Å²) < 4.78 is 1.73. The normalized spacial score (nSPS) is 15.8. The number of hydrogen-bond acceptors (Lipinski definition) is 8. The van der Waals surface area contributed by atoms with E-state index < -0.39 is 5.91 Å². The summed E-state index contributed by atoms with van der Waals surface area (Å²) in [6, 6.07) is 3.95. The van der Waals surface area contributed by atoms with Gasteiger partial charge in [0.25, 0.3) is 5.91 Å². The fourth-order valence-electron chi connectivity index (χ4n) is 6.16. The van der Waals surface area contributed by atoms with Crippen LogP contribution < -0.4 is 11.1 Å². The van der Waals surface area contributed by atoms with Crippen LogP contribution in [0, 0.1) is 13.8 Å². The SMILES string of the molecule is CCCCCCC(C)N(C)C/C=C/C(=O)N1CCCC(n2nc(C(=O)Nc3ccc(CC(=O)N(C)C)c(C)c3C)c3c(N)ncnc32)C1. The Labute approximate surface area is 284 Å². The van der Waals surface area contributed by atoms with Crippen LogP contribution in [0.2, 0.25) is 0 Å². The molecule has 260 valence electrons. The van der Waals surface area contributed by atoms with Crippen LogP contribution in [-0.4, -0.2) is 99.0 Å². The number of likely N-dealkylation sites (N-methyl/N-ethyl adjacent to an activating group) is 2. The molecule has 0 aliphatic carbocycles. The number of fused-ring (bicyclic) bond motifs is 1. The zero-order valence-electron chi connectivity index (χ0n) is 29.8. The van der Waals surface area contributed by atoms with Crippen LogP contribution in [0.1, 0.15) is 92.0 Å². The number of likely N-dealkylation sites (tertiary alicyclic amines) is 1. The molecule has 3 heterocycles. The zero-order chi connectivity index (χ0) is 35.0. The van der Waals surface area contributed by atoms with Gasteiger partial charge in [-0.15, -0.1) is 0 Å². The number of nitrogens with zero attached hydrogens (tertiary/aromatic N) is 7. The Hall–Kier alpha value is -4.32. The van der Waals surface area contributed by atoms with Gasteiger partial charge in [0.05, 0.1) is 17.8 Å². The highest BCUT2D eigenvalue weighted by molar-refractivity contribution is 6.13. The maximum atomic E-state index is 13.7. The number of unbranched alkanes of at least 4 members (excludes halogenated alkanes) is 3. The molecule has 1 aliphatic rings. The zero-order valence-corrected chi connectivity index (χ0v) is 29.8. The van der Waals surface area contributed by atoms with E-state index in [1.807, 2.05) is 37.0 Å². The highest BCUT2D eigenvalue weighted by Crippen LogP contribution is 2.30. The van der Waals surface area contributed by atoms with Crippen LogP contribution in [-0.2, 0) is 16.0 Å². The molecule has 1 fully saturated rings. The molecule has 1 aliphatic heterocycles. The van der Waals surface area contributed by atoms with Gasteiger partial charge in [0.15, 0.2) is 11.3 Å². The Morgan fingerprint density at radius 3 is 2.60 bits per heavy atom.